The Morgan fingerprint density at radius 2 is 1.52 bits per heavy atom. The second-order valence-electron chi connectivity index (χ2n) is 10.0. The van der Waals surface area contributed by atoms with E-state index < -0.39 is 17.2 Å². The Labute approximate surface area is 249 Å². The number of benzene rings is 3. The minimum Gasteiger partial charge on any atom is -0.300 e. The molecule has 0 fully saturated rings. The molecule has 0 radical (unpaired) electrons. The van der Waals surface area contributed by atoms with Crippen LogP contribution in [0.15, 0.2) is 84.9 Å². The van der Waals surface area contributed by atoms with Crippen molar-refractivity contribution in [2.75, 3.05) is 0 Å². The molecule has 6 rings (SSSR count). The number of hydrogen-bond acceptors (Lipinski definition) is 3. The van der Waals surface area contributed by atoms with Crippen LogP contribution in [0.5, 0.6) is 0 Å². The van der Waals surface area contributed by atoms with Crippen molar-refractivity contribution in [2.45, 2.75) is 32.4 Å². The molecule has 0 saturated heterocycles. The van der Waals surface area contributed by atoms with E-state index in [0.717, 1.165) is 37.4 Å². The zero-order chi connectivity index (χ0) is 27.4. The summed E-state index contributed by atoms with van der Waals surface area (Å²) in [5, 5.41) is 3.02. The van der Waals surface area contributed by atoms with Crippen LogP contribution in [0.3, 0.4) is 0 Å². The van der Waals surface area contributed by atoms with Crippen molar-refractivity contribution in [3.63, 3.8) is 0 Å². The molecular weight excluding hydrogens is 709 g/mol. The Bertz CT molecular complexity index is 1840. The number of alkyl halides is 3. The van der Waals surface area contributed by atoms with Gasteiger partial charge in [-0.3, -0.25) is 4.98 Å². The number of pyridine rings is 2. The van der Waals surface area contributed by atoms with Gasteiger partial charge in [-0.15, -0.1) is 47.5 Å². The molecule has 0 bridgehead atoms. The number of halogens is 3. The molecule has 3 heterocycles. The number of fused-ring (bicyclic) bond motifs is 3. The summed E-state index contributed by atoms with van der Waals surface area (Å²) in [6.45, 7) is 5.52. The number of rotatable bonds is 4. The van der Waals surface area contributed by atoms with E-state index in [0.29, 0.717) is 22.6 Å². The Morgan fingerprint density at radius 1 is 0.775 bits per heavy atom. The maximum Gasteiger partial charge on any atom is 2.00 e. The van der Waals surface area contributed by atoms with Gasteiger partial charge in [-0.1, -0.05) is 70.8 Å². The van der Waals surface area contributed by atoms with Gasteiger partial charge < -0.3 is 4.98 Å². The molecule has 0 N–H and O–H groups in total. The van der Waals surface area contributed by atoms with Crippen molar-refractivity contribution in [2.24, 2.45) is 0 Å². The predicted octanol–water partition coefficient (Wildman–Crippen LogP) is 9.43. The van der Waals surface area contributed by atoms with Gasteiger partial charge in [0.15, 0.2) is 0 Å². The van der Waals surface area contributed by atoms with Gasteiger partial charge in [0.05, 0.1) is 11.3 Å². The van der Waals surface area contributed by atoms with Gasteiger partial charge in [-0.25, -0.2) is 0 Å². The third-order valence-electron chi connectivity index (χ3n) is 7.00. The van der Waals surface area contributed by atoms with Gasteiger partial charge in [-0.2, -0.15) is 24.5 Å². The average molecular weight is 732 g/mol. The summed E-state index contributed by atoms with van der Waals surface area (Å²) >= 11 is 1.61. The molecule has 6 aromatic rings. The quantitative estimate of drug-likeness (QED) is 0.169. The van der Waals surface area contributed by atoms with Gasteiger partial charge in [0.2, 0.25) is 0 Å². The predicted molar refractivity (Wildman–Crippen MR) is 152 cm³/mol. The summed E-state index contributed by atoms with van der Waals surface area (Å²) in [7, 11) is 0. The topological polar surface area (TPSA) is 25.8 Å². The second kappa shape index (κ2) is 10.6. The normalized spacial score (nSPS) is 12.1. The molecule has 0 saturated carbocycles. The number of aromatic nitrogens is 2. The molecule has 3 aromatic carbocycles. The first-order valence-electron chi connectivity index (χ1n) is 12.5. The third kappa shape index (κ3) is 5.00. The summed E-state index contributed by atoms with van der Waals surface area (Å²) in [6, 6.07) is 32.0. The van der Waals surface area contributed by atoms with Crippen LogP contribution in [-0.2, 0) is 32.7 Å². The van der Waals surface area contributed by atoms with Crippen molar-refractivity contribution < 1.29 is 34.2 Å². The summed E-state index contributed by atoms with van der Waals surface area (Å²) in [5.41, 5.74) is 1.04. The van der Waals surface area contributed by atoms with Crippen molar-refractivity contribution in [1.29, 1.82) is 0 Å². The van der Waals surface area contributed by atoms with Crippen molar-refractivity contribution >= 4 is 32.2 Å². The van der Waals surface area contributed by atoms with Gasteiger partial charge >= 0.3 is 27.2 Å². The van der Waals surface area contributed by atoms with Gasteiger partial charge in [0.1, 0.15) is 0 Å². The van der Waals surface area contributed by atoms with Crippen molar-refractivity contribution in [3.05, 3.63) is 119 Å². The molecule has 0 aliphatic heterocycles. The second-order valence-corrected chi connectivity index (χ2v) is 11.3. The molecule has 0 atom stereocenters. The van der Waals surface area contributed by atoms with Crippen LogP contribution in [0.4, 0.5) is 13.2 Å². The molecule has 7 heteroatoms. The Balaban J connectivity index is 0.00000323. The summed E-state index contributed by atoms with van der Waals surface area (Å²) in [6.07, 6.45) is -4.58. The Hall–Kier alpha value is -3.34. The standard InChI is InChI=1S/C33H23F3N2S.Pt/c1-20-18-25-23-13-8-7-12-22(23)24(19-29(25)39-20)28-17-16-26(33(34,35)36)31(38-28)32(2,3)30-15-9-14-27(37-30)21-10-5-4-6-11-21;/h4-10,12-18H,1-3H3;/q-2;+2. The minimum atomic E-state index is -4.58. The van der Waals surface area contributed by atoms with Gasteiger partial charge in [-0.05, 0) is 47.8 Å². The molecule has 0 spiro atoms. The van der Waals surface area contributed by atoms with Crippen LogP contribution >= 0.6 is 11.3 Å². The molecular formula is C33H23F3N2PtS. The fourth-order valence-corrected chi connectivity index (χ4v) is 5.97. The smallest absolute Gasteiger partial charge is 0.300 e. The largest absolute Gasteiger partial charge is 2.00 e. The molecule has 0 amide bonds. The zero-order valence-electron chi connectivity index (χ0n) is 21.8. The van der Waals surface area contributed by atoms with E-state index in [2.05, 4.69) is 18.2 Å². The average Bonchev–Trinajstić information content (AvgIpc) is 3.33. The Morgan fingerprint density at radius 3 is 2.25 bits per heavy atom. The maximum absolute atomic E-state index is 14.4. The van der Waals surface area contributed by atoms with Crippen LogP contribution in [0, 0.1) is 19.1 Å². The van der Waals surface area contributed by atoms with Crippen molar-refractivity contribution in [3.8, 4) is 22.5 Å². The number of thiophene rings is 1. The monoisotopic (exact) mass is 731 g/mol. The molecule has 0 aliphatic carbocycles. The maximum atomic E-state index is 14.4. The fourth-order valence-electron chi connectivity index (χ4n) is 5.04. The number of hydrogen-bond donors (Lipinski definition) is 0. The van der Waals surface area contributed by atoms with Crippen LogP contribution in [0.2, 0.25) is 0 Å². The van der Waals surface area contributed by atoms with E-state index in [9.17, 15) is 13.2 Å². The summed E-state index contributed by atoms with van der Waals surface area (Å²) in [4.78, 5) is 10.6. The van der Waals surface area contributed by atoms with Crippen LogP contribution in [-0.4, -0.2) is 9.97 Å². The summed E-state index contributed by atoms with van der Waals surface area (Å²) < 4.78 is 44.1. The van der Waals surface area contributed by atoms with E-state index in [4.69, 9.17) is 9.97 Å². The SMILES string of the molecule is Cc1cc2c([c-]c(-c3ccc(C(F)(F)F)c(C(C)(C)c4cccc(-c5[c-]cccc5)n4)n3)c3ccccc32)s1.[Pt+2]. The molecule has 202 valence electrons. The molecule has 0 unspecified atom stereocenters. The van der Waals surface area contributed by atoms with E-state index >= 15 is 0 Å². The van der Waals surface area contributed by atoms with Gasteiger partial charge in [0.25, 0.3) is 0 Å². The molecule has 3 aromatic heterocycles. The molecule has 40 heavy (non-hydrogen) atoms. The first kappa shape index (κ1) is 28.2. The first-order chi connectivity index (χ1) is 18.6. The number of nitrogens with zero attached hydrogens (tertiary/aromatic N) is 2. The van der Waals surface area contributed by atoms with Crippen LogP contribution in [0.1, 0.15) is 35.7 Å². The van der Waals surface area contributed by atoms with Crippen LogP contribution in [0.25, 0.3) is 43.4 Å². The van der Waals surface area contributed by atoms with Gasteiger partial charge in [0, 0.05) is 11.1 Å². The number of aryl methyl sites for hydroxylation is 1. The first-order valence-corrected chi connectivity index (χ1v) is 13.3. The fraction of sp³-hybridized carbons (Fsp3) is 0.152. The summed E-state index contributed by atoms with van der Waals surface area (Å²) in [5.74, 6) is 0. The van der Waals surface area contributed by atoms with Crippen molar-refractivity contribution in [1.82, 2.24) is 9.97 Å². The van der Waals surface area contributed by atoms with E-state index in [1.165, 1.54) is 6.07 Å². The zero-order valence-corrected chi connectivity index (χ0v) is 24.9. The van der Waals surface area contributed by atoms with E-state index in [1.54, 1.807) is 37.3 Å². The van der Waals surface area contributed by atoms with Crippen LogP contribution < -0.4 is 0 Å². The van der Waals surface area contributed by atoms with E-state index in [-0.39, 0.29) is 26.8 Å². The van der Waals surface area contributed by atoms with E-state index in [1.807, 2.05) is 61.5 Å². The third-order valence-corrected chi connectivity index (χ3v) is 7.97. The molecule has 2 nitrogen and oxygen atoms in total. The molecule has 0 aliphatic rings. The minimum absolute atomic E-state index is 0. The Kier molecular flexibility index (Phi) is 7.45.